The maximum atomic E-state index is 2.16. The van der Waals surface area contributed by atoms with Crippen molar-refractivity contribution in [3.05, 3.63) is 301 Å². The topological polar surface area (TPSA) is 0 Å². The minimum Gasteiger partial charge on any atom is -0.0776 e. The summed E-state index contributed by atoms with van der Waals surface area (Å²) < 4.78 is 0. The first-order valence-electron chi connectivity index (χ1n) is 22.4. The fourth-order valence-corrected chi connectivity index (χ4v) is 7.57. The molecule has 0 heterocycles. The van der Waals surface area contributed by atoms with Gasteiger partial charge in [0.15, 0.2) is 0 Å². The Morgan fingerprint density at radius 1 is 0.141 bits per heavy atom. The molecular formula is C71H84. The van der Waals surface area contributed by atoms with E-state index in [0.29, 0.717) is 0 Å². The van der Waals surface area contributed by atoms with Crippen molar-refractivity contribution >= 4 is 0 Å². The summed E-state index contributed by atoms with van der Waals surface area (Å²) in [5, 5.41) is 0. The van der Waals surface area contributed by atoms with Gasteiger partial charge in [0.2, 0.25) is 0 Å². The molecule has 0 heteroatoms. The fourth-order valence-electron chi connectivity index (χ4n) is 7.57. The zero-order chi connectivity index (χ0) is 45.5. The molecule has 10 aromatic carbocycles. The quantitative estimate of drug-likeness (QED) is 0.161. The third-order valence-corrected chi connectivity index (χ3v) is 11.1. The van der Waals surface area contributed by atoms with Gasteiger partial charge in [-0.25, -0.2) is 0 Å². The third-order valence-electron chi connectivity index (χ3n) is 11.1. The standard InChI is InChI=1S/5C13H12.6CH4/c5*1-11-7-5-6-10-13(11)12-8-3-2-4-9-12;;;;;;/h5*2-10H,1H3;6*1H4. The summed E-state index contributed by atoms with van der Waals surface area (Å²) in [7, 11) is 0. The summed E-state index contributed by atoms with van der Waals surface area (Å²) in [6, 6.07) is 94.6. The molecular weight excluding hydrogens is 853 g/mol. The van der Waals surface area contributed by atoms with Gasteiger partial charge in [-0.2, -0.15) is 0 Å². The van der Waals surface area contributed by atoms with Crippen molar-refractivity contribution in [2.45, 2.75) is 79.2 Å². The predicted octanol–water partition coefficient (Wildman–Crippen LogP) is 22.1. The highest BCUT2D eigenvalue weighted by molar-refractivity contribution is 5.70. The zero-order valence-corrected chi connectivity index (χ0v) is 38.5. The van der Waals surface area contributed by atoms with Gasteiger partial charge in [0.05, 0.1) is 0 Å². The summed E-state index contributed by atoms with van der Waals surface area (Å²) >= 11 is 0. The molecule has 0 fully saturated rings. The van der Waals surface area contributed by atoms with E-state index in [1.807, 2.05) is 30.3 Å². The Labute approximate surface area is 433 Å². The second kappa shape index (κ2) is 34.5. The van der Waals surface area contributed by atoms with Gasteiger partial charge in [-0.15, -0.1) is 0 Å². The number of hydrogen-bond donors (Lipinski definition) is 0. The van der Waals surface area contributed by atoms with Crippen molar-refractivity contribution in [2.24, 2.45) is 0 Å². The van der Waals surface area contributed by atoms with Gasteiger partial charge in [0.1, 0.15) is 0 Å². The van der Waals surface area contributed by atoms with Gasteiger partial charge < -0.3 is 0 Å². The highest BCUT2D eigenvalue weighted by Gasteiger charge is 2.02. The average Bonchev–Trinajstić information content (AvgIpc) is 3.37. The maximum Gasteiger partial charge on any atom is -0.0155 e. The lowest BCUT2D eigenvalue weighted by atomic mass is 10.0. The first kappa shape index (κ1) is 63.2. The summed E-state index contributed by atoms with van der Waals surface area (Å²) in [6.45, 7) is 10.7. The van der Waals surface area contributed by atoms with Gasteiger partial charge in [-0.1, -0.05) is 318 Å². The Balaban J connectivity index is 0.000000845. The van der Waals surface area contributed by atoms with Crippen LogP contribution in [-0.4, -0.2) is 0 Å². The van der Waals surface area contributed by atoms with Gasteiger partial charge in [-0.3, -0.25) is 0 Å². The van der Waals surface area contributed by atoms with E-state index in [1.165, 1.54) is 83.5 Å². The summed E-state index contributed by atoms with van der Waals surface area (Å²) in [4.78, 5) is 0. The molecule has 0 bridgehead atoms. The molecule has 71 heavy (non-hydrogen) atoms. The largest absolute Gasteiger partial charge is 0.0776 e. The monoisotopic (exact) mass is 937 g/mol. The maximum absolute atomic E-state index is 2.16. The van der Waals surface area contributed by atoms with Crippen molar-refractivity contribution in [3.8, 4) is 55.6 Å². The van der Waals surface area contributed by atoms with Crippen molar-refractivity contribution in [3.63, 3.8) is 0 Å². The van der Waals surface area contributed by atoms with E-state index >= 15 is 0 Å². The van der Waals surface area contributed by atoms with E-state index in [1.54, 1.807) is 0 Å². The molecule has 0 aromatic heterocycles. The van der Waals surface area contributed by atoms with Crippen LogP contribution in [0.3, 0.4) is 0 Å². The molecule has 0 atom stereocenters. The van der Waals surface area contributed by atoms with Crippen LogP contribution in [0.1, 0.15) is 72.4 Å². The molecule has 0 spiro atoms. The van der Waals surface area contributed by atoms with Crippen molar-refractivity contribution in [1.82, 2.24) is 0 Å². The van der Waals surface area contributed by atoms with Crippen LogP contribution < -0.4 is 0 Å². The predicted molar refractivity (Wildman–Crippen MR) is 323 cm³/mol. The van der Waals surface area contributed by atoms with Crippen LogP contribution in [0.25, 0.3) is 55.6 Å². The number of benzene rings is 10. The summed E-state index contributed by atoms with van der Waals surface area (Å²) in [6.07, 6.45) is 0. The van der Waals surface area contributed by atoms with E-state index in [4.69, 9.17) is 0 Å². The Morgan fingerprint density at radius 2 is 0.254 bits per heavy atom. The second-order valence-electron chi connectivity index (χ2n) is 15.9. The second-order valence-corrected chi connectivity index (χ2v) is 15.9. The van der Waals surface area contributed by atoms with Crippen LogP contribution in [0.2, 0.25) is 0 Å². The Bertz CT molecular complexity index is 2410. The summed E-state index contributed by atoms with van der Waals surface area (Å²) in [5.41, 5.74) is 19.7. The zero-order valence-electron chi connectivity index (χ0n) is 38.5. The van der Waals surface area contributed by atoms with E-state index in [0.717, 1.165) is 0 Å². The van der Waals surface area contributed by atoms with Crippen molar-refractivity contribution in [1.29, 1.82) is 0 Å². The van der Waals surface area contributed by atoms with Crippen LogP contribution in [-0.2, 0) is 0 Å². The lowest BCUT2D eigenvalue weighted by Gasteiger charge is -2.04. The van der Waals surface area contributed by atoms with Crippen LogP contribution in [0, 0.1) is 34.6 Å². The van der Waals surface area contributed by atoms with Crippen molar-refractivity contribution in [2.75, 3.05) is 0 Å². The van der Waals surface area contributed by atoms with Gasteiger partial charge in [-0.05, 0) is 118 Å². The number of aryl methyl sites for hydroxylation is 5. The summed E-state index contributed by atoms with van der Waals surface area (Å²) in [5.74, 6) is 0. The molecule has 0 nitrogen and oxygen atoms in total. The van der Waals surface area contributed by atoms with Gasteiger partial charge in [0, 0.05) is 0 Å². The first-order valence-corrected chi connectivity index (χ1v) is 22.4. The normalized spacial score (nSPS) is 9.08. The van der Waals surface area contributed by atoms with E-state index < -0.39 is 0 Å². The number of hydrogen-bond acceptors (Lipinski definition) is 0. The molecule has 0 radical (unpaired) electrons. The molecule has 0 N–H and O–H groups in total. The van der Waals surface area contributed by atoms with E-state index in [-0.39, 0.29) is 44.6 Å². The molecule has 0 unspecified atom stereocenters. The van der Waals surface area contributed by atoms with Crippen molar-refractivity contribution < 1.29 is 0 Å². The van der Waals surface area contributed by atoms with Gasteiger partial charge >= 0.3 is 0 Å². The molecule has 368 valence electrons. The highest BCUT2D eigenvalue weighted by atomic mass is 14.1. The van der Waals surface area contributed by atoms with E-state index in [2.05, 4.69) is 277 Å². The lowest BCUT2D eigenvalue weighted by Crippen LogP contribution is -1.80. The average molecular weight is 937 g/mol. The van der Waals surface area contributed by atoms with Crippen LogP contribution in [0.4, 0.5) is 0 Å². The Kier molecular flexibility index (Phi) is 30.7. The minimum absolute atomic E-state index is 0. The first-order chi connectivity index (χ1) is 31.9. The Hall–Kier alpha value is -7.80. The molecule has 10 aromatic rings. The van der Waals surface area contributed by atoms with Gasteiger partial charge in [0.25, 0.3) is 0 Å². The lowest BCUT2D eigenvalue weighted by molar-refractivity contribution is 1.46. The molecule has 0 aliphatic carbocycles. The van der Waals surface area contributed by atoms with Crippen LogP contribution >= 0.6 is 0 Å². The molecule has 0 aliphatic rings. The minimum atomic E-state index is 0. The SMILES string of the molecule is C.C.C.C.C.C.Cc1ccccc1-c1ccccc1.Cc1ccccc1-c1ccccc1.Cc1ccccc1-c1ccccc1.Cc1ccccc1-c1ccccc1.Cc1ccccc1-c1ccccc1. The molecule has 0 aliphatic heterocycles. The fraction of sp³-hybridized carbons (Fsp3) is 0.155. The molecule has 0 saturated carbocycles. The molecule has 10 rings (SSSR count). The smallest absolute Gasteiger partial charge is 0.0155 e. The highest BCUT2D eigenvalue weighted by Crippen LogP contribution is 2.26. The van der Waals surface area contributed by atoms with E-state index in [9.17, 15) is 0 Å². The number of rotatable bonds is 5. The van der Waals surface area contributed by atoms with Crippen LogP contribution in [0.15, 0.2) is 273 Å². The van der Waals surface area contributed by atoms with Crippen LogP contribution in [0.5, 0.6) is 0 Å². The molecule has 0 amide bonds. The Morgan fingerprint density at radius 3 is 0.380 bits per heavy atom. The molecule has 0 saturated heterocycles. The third kappa shape index (κ3) is 19.6.